The zero-order valence-corrected chi connectivity index (χ0v) is 12.0. The second kappa shape index (κ2) is 7.25. The Balaban J connectivity index is 1.75. The Labute approximate surface area is 121 Å². The van der Waals surface area contributed by atoms with Crippen LogP contribution in [0.4, 0.5) is 4.79 Å². The van der Waals surface area contributed by atoms with Crippen molar-refractivity contribution >= 4 is 23.3 Å². The molecular formula is C13H19N3O3S. The second-order valence-electron chi connectivity index (χ2n) is 4.87. The maximum atomic E-state index is 11.5. The highest BCUT2D eigenvalue weighted by Crippen LogP contribution is 2.16. The van der Waals surface area contributed by atoms with Gasteiger partial charge in [0.25, 0.3) is 0 Å². The van der Waals surface area contributed by atoms with Crippen LogP contribution in [0.2, 0.25) is 0 Å². The number of nitrogens with one attached hydrogen (secondary N) is 2. The van der Waals surface area contributed by atoms with E-state index in [4.69, 9.17) is 5.11 Å². The number of carbonyl (C=O) groups excluding carboxylic acids is 1. The Morgan fingerprint density at radius 3 is 3.05 bits per heavy atom. The van der Waals surface area contributed by atoms with E-state index in [1.165, 1.54) is 4.88 Å². The summed E-state index contributed by atoms with van der Waals surface area (Å²) in [5.41, 5.74) is 0. The van der Waals surface area contributed by atoms with Gasteiger partial charge in [-0.15, -0.1) is 11.3 Å². The van der Waals surface area contributed by atoms with Crippen molar-refractivity contribution in [3.05, 3.63) is 22.4 Å². The molecule has 1 aliphatic rings. The van der Waals surface area contributed by atoms with Crippen LogP contribution in [0.5, 0.6) is 0 Å². The quantitative estimate of drug-likeness (QED) is 0.760. The van der Waals surface area contributed by atoms with Gasteiger partial charge >= 0.3 is 12.0 Å². The summed E-state index contributed by atoms with van der Waals surface area (Å²) in [6.45, 7) is 2.40. The highest BCUT2D eigenvalue weighted by atomic mass is 32.1. The van der Waals surface area contributed by atoms with Crippen molar-refractivity contribution in [2.75, 3.05) is 19.6 Å². The van der Waals surface area contributed by atoms with Gasteiger partial charge in [0.05, 0.1) is 0 Å². The molecule has 0 aromatic carbocycles. The molecule has 1 unspecified atom stereocenters. The van der Waals surface area contributed by atoms with E-state index >= 15 is 0 Å². The molecule has 3 N–H and O–H groups in total. The van der Waals surface area contributed by atoms with Crippen LogP contribution in [0.3, 0.4) is 0 Å². The molecule has 0 spiro atoms. The molecule has 1 aliphatic heterocycles. The zero-order valence-electron chi connectivity index (χ0n) is 11.2. The van der Waals surface area contributed by atoms with Crippen LogP contribution in [0.1, 0.15) is 17.7 Å². The molecule has 0 saturated carbocycles. The van der Waals surface area contributed by atoms with Gasteiger partial charge in [0.2, 0.25) is 0 Å². The van der Waals surface area contributed by atoms with Crippen LogP contribution in [0, 0.1) is 0 Å². The third-order valence-electron chi connectivity index (χ3n) is 3.20. The zero-order chi connectivity index (χ0) is 14.4. The largest absolute Gasteiger partial charge is 0.480 e. The molecular weight excluding hydrogens is 278 g/mol. The Hall–Kier alpha value is -1.60. The summed E-state index contributed by atoms with van der Waals surface area (Å²) in [6, 6.07) is 3.83. The highest BCUT2D eigenvalue weighted by molar-refractivity contribution is 7.09. The molecule has 1 aromatic heterocycles. The number of piperidine rings is 1. The average molecular weight is 297 g/mol. The fourth-order valence-electron chi connectivity index (χ4n) is 2.33. The third-order valence-corrected chi connectivity index (χ3v) is 4.06. The minimum atomic E-state index is -1.04. The molecule has 0 radical (unpaired) electrons. The van der Waals surface area contributed by atoms with E-state index < -0.39 is 12.0 Å². The highest BCUT2D eigenvalue weighted by Gasteiger charge is 2.21. The number of amides is 2. The predicted molar refractivity (Wildman–Crippen MR) is 76.8 cm³/mol. The molecule has 1 fully saturated rings. The first-order chi connectivity index (χ1) is 9.63. The lowest BCUT2D eigenvalue weighted by Crippen LogP contribution is -2.50. The molecule has 7 heteroatoms. The normalized spacial score (nSPS) is 19.5. The first-order valence-electron chi connectivity index (χ1n) is 6.64. The summed E-state index contributed by atoms with van der Waals surface area (Å²) in [7, 11) is 0. The molecule has 110 valence electrons. The van der Waals surface area contributed by atoms with Gasteiger partial charge in [0.15, 0.2) is 0 Å². The predicted octanol–water partition coefficient (Wildman–Crippen LogP) is 1.10. The van der Waals surface area contributed by atoms with E-state index in [1.807, 2.05) is 6.07 Å². The molecule has 1 aromatic rings. The van der Waals surface area contributed by atoms with E-state index in [2.05, 4.69) is 27.0 Å². The van der Waals surface area contributed by atoms with Gasteiger partial charge in [0.1, 0.15) is 6.54 Å². The number of aliphatic carboxylic acids is 1. The van der Waals surface area contributed by atoms with Crippen LogP contribution in [0.25, 0.3) is 0 Å². The summed E-state index contributed by atoms with van der Waals surface area (Å²) in [4.78, 5) is 25.6. The van der Waals surface area contributed by atoms with E-state index in [0.29, 0.717) is 0 Å². The van der Waals surface area contributed by atoms with Crippen molar-refractivity contribution < 1.29 is 14.7 Å². The lowest BCUT2D eigenvalue weighted by Gasteiger charge is -2.32. The van der Waals surface area contributed by atoms with Crippen molar-refractivity contribution in [3.8, 4) is 0 Å². The number of nitrogens with zero attached hydrogens (tertiary/aromatic N) is 1. The van der Waals surface area contributed by atoms with Crippen LogP contribution >= 0.6 is 11.3 Å². The van der Waals surface area contributed by atoms with Crippen LogP contribution in [-0.2, 0) is 11.3 Å². The first-order valence-corrected chi connectivity index (χ1v) is 7.52. The van der Waals surface area contributed by atoms with Crippen LogP contribution < -0.4 is 10.6 Å². The molecule has 2 heterocycles. The molecule has 1 atom stereocenters. The maximum absolute atomic E-state index is 11.5. The minimum absolute atomic E-state index is 0.0810. The van der Waals surface area contributed by atoms with Crippen LogP contribution in [0.15, 0.2) is 17.5 Å². The van der Waals surface area contributed by atoms with E-state index in [1.54, 1.807) is 11.3 Å². The Kier molecular flexibility index (Phi) is 5.37. The molecule has 2 amide bonds. The van der Waals surface area contributed by atoms with Crippen molar-refractivity contribution in [1.82, 2.24) is 15.5 Å². The molecule has 2 rings (SSSR count). The number of carbonyl (C=O) groups is 2. The second-order valence-corrected chi connectivity index (χ2v) is 5.91. The Bertz CT molecular complexity index is 450. The number of urea groups is 1. The number of hydrogen-bond acceptors (Lipinski definition) is 4. The summed E-state index contributed by atoms with van der Waals surface area (Å²) < 4.78 is 0. The third kappa shape index (κ3) is 4.82. The fourth-order valence-corrected chi connectivity index (χ4v) is 3.08. The lowest BCUT2D eigenvalue weighted by molar-refractivity contribution is -0.135. The number of carboxylic acids is 1. The number of thiophene rings is 1. The van der Waals surface area contributed by atoms with Crippen molar-refractivity contribution in [2.45, 2.75) is 25.4 Å². The van der Waals surface area contributed by atoms with Gasteiger partial charge in [-0.25, -0.2) is 4.79 Å². The summed E-state index contributed by atoms with van der Waals surface area (Å²) >= 11 is 1.74. The summed E-state index contributed by atoms with van der Waals surface area (Å²) in [5.74, 6) is -1.04. The van der Waals surface area contributed by atoms with E-state index in [-0.39, 0.29) is 12.6 Å². The van der Waals surface area contributed by atoms with E-state index in [9.17, 15) is 9.59 Å². The number of hydrogen-bond donors (Lipinski definition) is 3. The Morgan fingerprint density at radius 2 is 2.35 bits per heavy atom. The van der Waals surface area contributed by atoms with Crippen LogP contribution in [-0.4, -0.2) is 47.7 Å². The lowest BCUT2D eigenvalue weighted by atomic mass is 10.1. The number of rotatable bonds is 5. The van der Waals surface area contributed by atoms with Gasteiger partial charge in [-0.2, -0.15) is 0 Å². The minimum Gasteiger partial charge on any atom is -0.480 e. The SMILES string of the molecule is O=C(O)CNC(=O)NC1CCCN(Cc2cccs2)C1. The fraction of sp³-hybridized carbons (Fsp3) is 0.538. The first kappa shape index (κ1) is 14.8. The van der Waals surface area contributed by atoms with E-state index in [0.717, 1.165) is 32.5 Å². The van der Waals surface area contributed by atoms with Gasteiger partial charge in [-0.1, -0.05) is 6.07 Å². The molecule has 0 aliphatic carbocycles. The maximum Gasteiger partial charge on any atom is 0.323 e. The van der Waals surface area contributed by atoms with Gasteiger partial charge < -0.3 is 15.7 Å². The summed E-state index contributed by atoms with van der Waals surface area (Å²) in [6.07, 6.45) is 1.97. The van der Waals surface area contributed by atoms with Crippen molar-refractivity contribution in [3.63, 3.8) is 0 Å². The van der Waals surface area contributed by atoms with Crippen molar-refractivity contribution in [2.24, 2.45) is 0 Å². The molecule has 20 heavy (non-hydrogen) atoms. The molecule has 1 saturated heterocycles. The molecule has 6 nitrogen and oxygen atoms in total. The van der Waals surface area contributed by atoms with Gasteiger partial charge in [-0.3, -0.25) is 9.69 Å². The smallest absolute Gasteiger partial charge is 0.323 e. The standard InChI is InChI=1S/C13H19N3O3S/c17-12(18)7-14-13(19)15-10-3-1-5-16(8-10)9-11-4-2-6-20-11/h2,4,6,10H,1,3,5,7-9H2,(H,17,18)(H2,14,15,19). The number of likely N-dealkylation sites (tertiary alicyclic amines) is 1. The van der Waals surface area contributed by atoms with Crippen molar-refractivity contribution in [1.29, 1.82) is 0 Å². The summed E-state index contributed by atoms with van der Waals surface area (Å²) in [5, 5.41) is 15.7. The number of carboxylic acid groups (broad SMARTS) is 1. The average Bonchev–Trinajstić information content (AvgIpc) is 2.89. The monoisotopic (exact) mass is 297 g/mol. The molecule has 0 bridgehead atoms. The Morgan fingerprint density at radius 1 is 1.50 bits per heavy atom. The van der Waals surface area contributed by atoms with Gasteiger partial charge in [-0.05, 0) is 30.8 Å². The van der Waals surface area contributed by atoms with Gasteiger partial charge in [0, 0.05) is 24.0 Å². The topological polar surface area (TPSA) is 81.7 Å².